The van der Waals surface area contributed by atoms with Crippen molar-refractivity contribution in [2.24, 2.45) is 0 Å². The first-order valence-electron chi connectivity index (χ1n) is 5.97. The minimum Gasteiger partial charge on any atom is -0.358 e. The molecule has 2 aromatic rings. The van der Waals surface area contributed by atoms with Crippen LogP contribution in [0.5, 0.6) is 0 Å². The van der Waals surface area contributed by atoms with Crippen molar-refractivity contribution in [1.82, 2.24) is 10.3 Å². The Labute approximate surface area is 122 Å². The van der Waals surface area contributed by atoms with Gasteiger partial charge in [0.25, 0.3) is 16.8 Å². The van der Waals surface area contributed by atoms with Crippen LogP contribution < -0.4 is 5.32 Å². The summed E-state index contributed by atoms with van der Waals surface area (Å²) in [5.41, 5.74) is 2.15. The lowest BCUT2D eigenvalue weighted by Gasteiger charge is -1.96. The predicted octanol–water partition coefficient (Wildman–Crippen LogP) is 2.71. The van der Waals surface area contributed by atoms with Crippen LogP contribution in [0.4, 0.5) is 10.5 Å². The molecule has 106 valence electrons. The van der Waals surface area contributed by atoms with Crippen LogP contribution in [0.3, 0.4) is 0 Å². The number of aryl methyl sites for hydroxylation is 1. The van der Waals surface area contributed by atoms with Crippen molar-refractivity contribution < 1.29 is 14.5 Å². The lowest BCUT2D eigenvalue weighted by Crippen LogP contribution is -2.17. The van der Waals surface area contributed by atoms with E-state index < -0.39 is 16.1 Å². The fourth-order valence-electron chi connectivity index (χ4n) is 2.19. The monoisotopic (exact) mass is 303 g/mol. The number of hydrogen-bond donors (Lipinski definition) is 2. The highest BCUT2D eigenvalue weighted by molar-refractivity contribution is 8.18. The molecular weight excluding hydrogens is 294 g/mol. The average Bonchev–Trinajstić information content (AvgIpc) is 2.90. The summed E-state index contributed by atoms with van der Waals surface area (Å²) in [6, 6.07) is 4.48. The third kappa shape index (κ3) is 2.29. The molecule has 0 unspecified atom stereocenters. The number of carbonyl (C=O) groups is 2. The lowest BCUT2D eigenvalue weighted by atomic mass is 10.1. The number of carbonyl (C=O) groups excluding carboxylic acids is 2. The number of H-pyrrole nitrogens is 1. The van der Waals surface area contributed by atoms with Crippen LogP contribution in [0.1, 0.15) is 11.3 Å². The Morgan fingerprint density at radius 2 is 2.10 bits per heavy atom. The number of nitrogens with zero attached hydrogens (tertiary/aromatic N) is 1. The average molecular weight is 303 g/mol. The third-order valence-corrected chi connectivity index (χ3v) is 3.96. The van der Waals surface area contributed by atoms with E-state index in [4.69, 9.17) is 0 Å². The Kier molecular flexibility index (Phi) is 3.02. The molecule has 2 N–H and O–H groups in total. The van der Waals surface area contributed by atoms with Gasteiger partial charge in [-0.25, -0.2) is 0 Å². The molecule has 0 radical (unpaired) electrons. The van der Waals surface area contributed by atoms with Gasteiger partial charge < -0.3 is 4.98 Å². The van der Waals surface area contributed by atoms with Gasteiger partial charge in [-0.1, -0.05) is 0 Å². The molecule has 8 heteroatoms. The highest BCUT2D eigenvalue weighted by Gasteiger charge is 2.25. The standard InChI is InChI=1S/C13H9N3O4S/c1-6-8(5-11-12(17)15-13(18)21-11)9-4-7(16(19)20)2-3-10(9)14-6/h2-5,14H,1H3,(H,15,17,18)/b11-5+. The highest BCUT2D eigenvalue weighted by Crippen LogP contribution is 2.31. The van der Waals surface area contributed by atoms with Gasteiger partial charge in [0, 0.05) is 34.3 Å². The second-order valence-electron chi connectivity index (χ2n) is 4.50. The number of imide groups is 1. The Morgan fingerprint density at radius 1 is 1.33 bits per heavy atom. The molecule has 1 aliphatic heterocycles. The van der Waals surface area contributed by atoms with E-state index in [2.05, 4.69) is 10.3 Å². The minimum absolute atomic E-state index is 0.0271. The Morgan fingerprint density at radius 3 is 2.71 bits per heavy atom. The summed E-state index contributed by atoms with van der Waals surface area (Å²) in [6.45, 7) is 1.80. The molecule has 1 aliphatic rings. The van der Waals surface area contributed by atoms with E-state index in [1.807, 2.05) is 0 Å². The number of nitrogens with one attached hydrogen (secondary N) is 2. The lowest BCUT2D eigenvalue weighted by molar-refractivity contribution is -0.384. The number of rotatable bonds is 2. The zero-order valence-corrected chi connectivity index (χ0v) is 11.6. The SMILES string of the molecule is Cc1[nH]c2ccc([N+](=O)[O-])cc2c1/C=C1/SC(=O)NC1=O. The van der Waals surface area contributed by atoms with Gasteiger partial charge in [-0.2, -0.15) is 0 Å². The molecule has 0 saturated carbocycles. The van der Waals surface area contributed by atoms with E-state index in [0.717, 1.165) is 23.0 Å². The first-order valence-corrected chi connectivity index (χ1v) is 6.79. The first-order chi connectivity index (χ1) is 9.95. The van der Waals surface area contributed by atoms with Gasteiger partial charge in [-0.15, -0.1) is 0 Å². The summed E-state index contributed by atoms with van der Waals surface area (Å²) in [5.74, 6) is -0.454. The second-order valence-corrected chi connectivity index (χ2v) is 5.52. The van der Waals surface area contributed by atoms with Crippen LogP contribution >= 0.6 is 11.8 Å². The van der Waals surface area contributed by atoms with Crippen molar-refractivity contribution >= 4 is 45.6 Å². The van der Waals surface area contributed by atoms with E-state index in [9.17, 15) is 19.7 Å². The summed E-state index contributed by atoms with van der Waals surface area (Å²) in [7, 11) is 0. The fraction of sp³-hybridized carbons (Fsp3) is 0.0769. The smallest absolute Gasteiger partial charge is 0.290 e. The van der Waals surface area contributed by atoms with Gasteiger partial charge in [0.05, 0.1) is 9.83 Å². The number of amides is 2. The number of nitro benzene ring substituents is 1. The maximum atomic E-state index is 11.6. The molecule has 1 aromatic heterocycles. The van der Waals surface area contributed by atoms with Gasteiger partial charge >= 0.3 is 0 Å². The van der Waals surface area contributed by atoms with E-state index >= 15 is 0 Å². The topological polar surface area (TPSA) is 105 Å². The van der Waals surface area contributed by atoms with Crippen LogP contribution in [0.15, 0.2) is 23.1 Å². The summed E-state index contributed by atoms with van der Waals surface area (Å²) >= 11 is 0.813. The van der Waals surface area contributed by atoms with Gasteiger partial charge in [0.1, 0.15) is 0 Å². The van der Waals surface area contributed by atoms with Crippen molar-refractivity contribution in [2.75, 3.05) is 0 Å². The molecule has 0 spiro atoms. The van der Waals surface area contributed by atoms with Crippen molar-refractivity contribution in [1.29, 1.82) is 0 Å². The molecule has 21 heavy (non-hydrogen) atoms. The number of non-ortho nitro benzene ring substituents is 1. The second kappa shape index (κ2) is 4.74. The largest absolute Gasteiger partial charge is 0.358 e. The fourth-order valence-corrected chi connectivity index (χ4v) is 2.85. The number of benzene rings is 1. The summed E-state index contributed by atoms with van der Waals surface area (Å²) in [6.07, 6.45) is 1.57. The Balaban J connectivity index is 2.17. The minimum atomic E-state index is -0.473. The zero-order valence-electron chi connectivity index (χ0n) is 10.8. The van der Waals surface area contributed by atoms with Gasteiger partial charge in [0.2, 0.25) is 0 Å². The van der Waals surface area contributed by atoms with E-state index in [0.29, 0.717) is 10.9 Å². The van der Waals surface area contributed by atoms with Crippen LogP contribution in [0, 0.1) is 17.0 Å². The van der Waals surface area contributed by atoms with Crippen molar-refractivity contribution in [3.05, 3.63) is 44.5 Å². The first kappa shape index (κ1) is 13.4. The molecular formula is C13H9N3O4S. The van der Waals surface area contributed by atoms with Crippen LogP contribution in [0.25, 0.3) is 17.0 Å². The van der Waals surface area contributed by atoms with Crippen molar-refractivity contribution in [3.8, 4) is 0 Å². The van der Waals surface area contributed by atoms with E-state index in [1.54, 1.807) is 19.1 Å². The number of fused-ring (bicyclic) bond motifs is 1. The van der Waals surface area contributed by atoms with Crippen molar-refractivity contribution in [2.45, 2.75) is 6.92 Å². The zero-order chi connectivity index (χ0) is 15.1. The quantitative estimate of drug-likeness (QED) is 0.504. The molecule has 1 saturated heterocycles. The third-order valence-electron chi connectivity index (χ3n) is 3.15. The molecule has 2 heterocycles. The van der Waals surface area contributed by atoms with Crippen LogP contribution in [-0.4, -0.2) is 21.1 Å². The molecule has 2 amide bonds. The molecule has 7 nitrogen and oxygen atoms in total. The summed E-state index contributed by atoms with van der Waals surface area (Å²) in [4.78, 5) is 36.5. The summed E-state index contributed by atoms with van der Waals surface area (Å²) < 4.78 is 0. The van der Waals surface area contributed by atoms with Crippen LogP contribution in [-0.2, 0) is 4.79 Å². The van der Waals surface area contributed by atoms with E-state index in [1.165, 1.54) is 12.1 Å². The maximum absolute atomic E-state index is 11.6. The molecule has 0 atom stereocenters. The predicted molar refractivity (Wildman–Crippen MR) is 78.8 cm³/mol. The highest BCUT2D eigenvalue weighted by atomic mass is 32.2. The number of hydrogen-bond acceptors (Lipinski definition) is 5. The normalized spacial score (nSPS) is 16.7. The Hall–Kier alpha value is -2.61. The number of thioether (sulfide) groups is 1. The molecule has 0 bridgehead atoms. The Bertz CT molecular complexity index is 837. The molecule has 3 rings (SSSR count). The van der Waals surface area contributed by atoms with Gasteiger partial charge in [0.15, 0.2) is 0 Å². The molecule has 1 fully saturated rings. The number of aromatic amines is 1. The number of aromatic nitrogens is 1. The number of nitro groups is 1. The van der Waals surface area contributed by atoms with Crippen molar-refractivity contribution in [3.63, 3.8) is 0 Å². The van der Waals surface area contributed by atoms with E-state index in [-0.39, 0.29) is 10.6 Å². The van der Waals surface area contributed by atoms with Crippen LogP contribution in [0.2, 0.25) is 0 Å². The summed E-state index contributed by atoms with van der Waals surface area (Å²) in [5, 5.41) is 13.3. The molecule has 1 aromatic carbocycles. The molecule has 0 aliphatic carbocycles. The van der Waals surface area contributed by atoms with Gasteiger partial charge in [-0.05, 0) is 30.8 Å². The maximum Gasteiger partial charge on any atom is 0.290 e. The van der Waals surface area contributed by atoms with Gasteiger partial charge in [-0.3, -0.25) is 25.0 Å².